The summed E-state index contributed by atoms with van der Waals surface area (Å²) in [6, 6.07) is 16.0. The molecule has 0 aliphatic rings. The van der Waals surface area contributed by atoms with E-state index in [1.807, 2.05) is 6.07 Å². The average molecular weight is 491 g/mol. The summed E-state index contributed by atoms with van der Waals surface area (Å²) in [5, 5.41) is 21.6. The zero-order valence-electron chi connectivity index (χ0n) is 20.6. The van der Waals surface area contributed by atoms with Crippen LogP contribution in [0.25, 0.3) is 23.3 Å². The van der Waals surface area contributed by atoms with Gasteiger partial charge >= 0.3 is 5.97 Å². The smallest absolute Gasteiger partial charge is 0.336 e. The van der Waals surface area contributed by atoms with Crippen LogP contribution in [0.4, 0.5) is 15.8 Å². The molecule has 0 amide bonds. The molecule has 0 saturated carbocycles. The van der Waals surface area contributed by atoms with Crippen molar-refractivity contribution in [2.45, 2.75) is 39.5 Å². The van der Waals surface area contributed by atoms with Crippen LogP contribution in [0.5, 0.6) is 0 Å². The number of carboxylic acid groups (broad SMARTS) is 1. The van der Waals surface area contributed by atoms with Gasteiger partial charge in [0.15, 0.2) is 0 Å². The molecule has 7 heteroatoms. The summed E-state index contributed by atoms with van der Waals surface area (Å²) in [7, 11) is 0. The molecule has 3 aromatic rings. The van der Waals surface area contributed by atoms with Gasteiger partial charge < -0.3 is 10.0 Å². The van der Waals surface area contributed by atoms with Gasteiger partial charge in [0.25, 0.3) is 5.69 Å². The molecular weight excluding hydrogens is 459 g/mol. The van der Waals surface area contributed by atoms with Crippen LogP contribution in [-0.4, -0.2) is 29.1 Å². The normalized spacial score (nSPS) is 11.1. The van der Waals surface area contributed by atoms with E-state index in [1.54, 1.807) is 42.5 Å². The Balaban J connectivity index is 1.97. The van der Waals surface area contributed by atoms with Crippen LogP contribution in [0, 0.1) is 15.9 Å². The molecule has 0 fully saturated rings. The minimum atomic E-state index is -1.08. The lowest BCUT2D eigenvalue weighted by atomic mass is 9.98. The molecule has 0 saturated heterocycles. The van der Waals surface area contributed by atoms with Gasteiger partial charge in [-0.05, 0) is 65.4 Å². The van der Waals surface area contributed by atoms with Crippen molar-refractivity contribution in [3.8, 4) is 11.1 Å². The summed E-state index contributed by atoms with van der Waals surface area (Å²) in [4.78, 5) is 25.4. The number of rotatable bonds is 12. The predicted octanol–water partition coefficient (Wildman–Crippen LogP) is 7.68. The minimum Gasteiger partial charge on any atom is -0.478 e. The zero-order chi connectivity index (χ0) is 26.1. The van der Waals surface area contributed by atoms with Crippen molar-refractivity contribution >= 4 is 29.5 Å². The Morgan fingerprint density at radius 1 is 0.944 bits per heavy atom. The van der Waals surface area contributed by atoms with E-state index in [0.29, 0.717) is 16.8 Å². The Hall–Kier alpha value is -4.00. The van der Waals surface area contributed by atoms with Crippen LogP contribution >= 0.6 is 0 Å². The molecule has 0 radical (unpaired) electrons. The van der Waals surface area contributed by atoms with Crippen LogP contribution in [0.2, 0.25) is 0 Å². The van der Waals surface area contributed by atoms with Gasteiger partial charge in [-0.3, -0.25) is 10.1 Å². The molecule has 0 heterocycles. The number of anilines is 1. The van der Waals surface area contributed by atoms with Crippen molar-refractivity contribution in [2.24, 2.45) is 0 Å². The fraction of sp³-hybridized carbons (Fsp3) is 0.276. The molecule has 188 valence electrons. The molecule has 0 aromatic heterocycles. The number of nitro benzene ring substituents is 1. The first-order chi connectivity index (χ1) is 17.3. The second-order valence-corrected chi connectivity index (χ2v) is 8.65. The number of hydrogen-bond donors (Lipinski definition) is 1. The summed E-state index contributed by atoms with van der Waals surface area (Å²) in [5.41, 5.74) is 3.27. The highest BCUT2D eigenvalue weighted by molar-refractivity contribution is 5.94. The van der Waals surface area contributed by atoms with Crippen LogP contribution in [0.15, 0.2) is 60.7 Å². The van der Waals surface area contributed by atoms with Gasteiger partial charge in [-0.25, -0.2) is 9.18 Å². The van der Waals surface area contributed by atoms with Crippen LogP contribution in [0.3, 0.4) is 0 Å². The summed E-state index contributed by atoms with van der Waals surface area (Å²) >= 11 is 0. The van der Waals surface area contributed by atoms with Crippen molar-refractivity contribution in [3.05, 3.63) is 93.3 Å². The summed E-state index contributed by atoms with van der Waals surface area (Å²) in [6.45, 7) is 5.70. The fourth-order valence-electron chi connectivity index (χ4n) is 4.01. The van der Waals surface area contributed by atoms with Crippen molar-refractivity contribution in [1.29, 1.82) is 0 Å². The number of halogens is 1. The largest absolute Gasteiger partial charge is 0.478 e. The molecule has 0 spiro atoms. The number of nitro groups is 1. The lowest BCUT2D eigenvalue weighted by Gasteiger charge is -2.24. The van der Waals surface area contributed by atoms with E-state index in [1.165, 1.54) is 24.3 Å². The van der Waals surface area contributed by atoms with Crippen LogP contribution < -0.4 is 4.90 Å². The monoisotopic (exact) mass is 490 g/mol. The van der Waals surface area contributed by atoms with E-state index in [9.17, 15) is 24.4 Å². The first kappa shape index (κ1) is 26.6. The molecule has 6 nitrogen and oxygen atoms in total. The number of carbonyl (C=O) groups is 1. The zero-order valence-corrected chi connectivity index (χ0v) is 20.6. The quantitative estimate of drug-likeness (QED) is 0.160. The van der Waals surface area contributed by atoms with Crippen molar-refractivity contribution < 1.29 is 19.2 Å². The maximum atomic E-state index is 13.3. The molecular formula is C29H31FN2O4. The lowest BCUT2D eigenvalue weighted by Crippen LogP contribution is -2.26. The van der Waals surface area contributed by atoms with Gasteiger partial charge in [0.1, 0.15) is 11.5 Å². The molecule has 36 heavy (non-hydrogen) atoms. The van der Waals surface area contributed by atoms with Gasteiger partial charge in [0.2, 0.25) is 0 Å². The Kier molecular flexibility index (Phi) is 9.33. The summed E-state index contributed by atoms with van der Waals surface area (Å²) in [6.07, 6.45) is 7.21. The maximum absolute atomic E-state index is 13.3. The third-order valence-electron chi connectivity index (χ3n) is 6.01. The topological polar surface area (TPSA) is 83.7 Å². The molecule has 0 aliphatic heterocycles. The van der Waals surface area contributed by atoms with Gasteiger partial charge in [0.05, 0.1) is 10.5 Å². The van der Waals surface area contributed by atoms with E-state index in [0.717, 1.165) is 49.9 Å². The summed E-state index contributed by atoms with van der Waals surface area (Å²) < 4.78 is 13.3. The van der Waals surface area contributed by atoms with E-state index in [2.05, 4.69) is 18.7 Å². The van der Waals surface area contributed by atoms with Crippen molar-refractivity contribution in [2.75, 3.05) is 18.0 Å². The number of benzene rings is 3. The highest BCUT2D eigenvalue weighted by atomic mass is 19.1. The number of hydrogen-bond acceptors (Lipinski definition) is 4. The Bertz CT molecular complexity index is 1230. The lowest BCUT2D eigenvalue weighted by molar-refractivity contribution is -0.384. The van der Waals surface area contributed by atoms with Crippen LogP contribution in [0.1, 0.15) is 61.0 Å². The Labute approximate surface area is 210 Å². The van der Waals surface area contributed by atoms with Gasteiger partial charge in [-0.2, -0.15) is 0 Å². The molecule has 0 aliphatic carbocycles. The number of nitrogens with zero attached hydrogens (tertiary/aromatic N) is 2. The molecule has 3 rings (SSSR count). The highest BCUT2D eigenvalue weighted by Crippen LogP contribution is 2.31. The standard InChI is InChI=1S/C29H31FN2O4/c1-3-5-17-31(18-6-4-2)27-16-8-21(19-28(27)32(35)36)7-9-24-20-23(12-15-26(24)29(33)34)22-10-13-25(30)14-11-22/h7-16,19-20H,3-6,17-18H2,1-2H3,(H,33,34)/b9-7+. The molecule has 0 unspecified atom stereocenters. The number of unbranched alkanes of at least 4 members (excludes halogenated alkanes) is 2. The van der Waals surface area contributed by atoms with E-state index in [-0.39, 0.29) is 22.0 Å². The number of aromatic carboxylic acids is 1. The first-order valence-corrected chi connectivity index (χ1v) is 12.2. The Morgan fingerprint density at radius 2 is 1.58 bits per heavy atom. The molecule has 0 bridgehead atoms. The van der Waals surface area contributed by atoms with Crippen molar-refractivity contribution in [1.82, 2.24) is 0 Å². The number of carboxylic acids is 1. The van der Waals surface area contributed by atoms with Crippen molar-refractivity contribution in [3.63, 3.8) is 0 Å². The highest BCUT2D eigenvalue weighted by Gasteiger charge is 2.19. The summed E-state index contributed by atoms with van der Waals surface area (Å²) in [5.74, 6) is -1.43. The molecule has 0 atom stereocenters. The van der Waals surface area contributed by atoms with Gasteiger partial charge in [0, 0.05) is 19.2 Å². The third kappa shape index (κ3) is 6.78. The first-order valence-electron chi connectivity index (χ1n) is 12.2. The Morgan fingerprint density at radius 3 is 2.17 bits per heavy atom. The average Bonchev–Trinajstić information content (AvgIpc) is 2.87. The van der Waals surface area contributed by atoms with Crippen LogP contribution in [-0.2, 0) is 0 Å². The second kappa shape index (κ2) is 12.6. The van der Waals surface area contributed by atoms with E-state index >= 15 is 0 Å². The van der Waals surface area contributed by atoms with E-state index in [4.69, 9.17) is 0 Å². The minimum absolute atomic E-state index is 0.0304. The van der Waals surface area contributed by atoms with E-state index < -0.39 is 5.97 Å². The van der Waals surface area contributed by atoms with Gasteiger partial charge in [-0.15, -0.1) is 0 Å². The SMILES string of the molecule is CCCCN(CCCC)c1ccc(/C=C/c2cc(-c3ccc(F)cc3)ccc2C(=O)O)cc1[N+](=O)[O-]. The second-order valence-electron chi connectivity index (χ2n) is 8.65. The fourth-order valence-corrected chi connectivity index (χ4v) is 4.01. The molecule has 3 aromatic carbocycles. The maximum Gasteiger partial charge on any atom is 0.336 e. The third-order valence-corrected chi connectivity index (χ3v) is 6.01. The predicted molar refractivity (Wildman–Crippen MR) is 143 cm³/mol. The molecule has 1 N–H and O–H groups in total. The van der Waals surface area contributed by atoms with Gasteiger partial charge in [-0.1, -0.05) is 63.1 Å².